The number of piperidine rings is 1. The second-order valence-electron chi connectivity index (χ2n) is 7.72. The lowest BCUT2D eigenvalue weighted by molar-refractivity contribution is -0.134. The van der Waals surface area contributed by atoms with Gasteiger partial charge < -0.3 is 25.0 Å². The van der Waals surface area contributed by atoms with E-state index in [1.54, 1.807) is 7.11 Å². The molecule has 0 aromatic heterocycles. The molecule has 27 heavy (non-hydrogen) atoms. The van der Waals surface area contributed by atoms with E-state index >= 15 is 0 Å². The topological polar surface area (TPSA) is 62.8 Å². The Bertz CT molecular complexity index is 599. The van der Waals surface area contributed by atoms with Crippen LogP contribution in [0.5, 0.6) is 5.75 Å². The van der Waals surface area contributed by atoms with Gasteiger partial charge in [0.1, 0.15) is 5.75 Å². The molecule has 0 unspecified atom stereocenters. The Balaban J connectivity index is 1.63. The lowest BCUT2D eigenvalue weighted by Gasteiger charge is -2.33. The van der Waals surface area contributed by atoms with E-state index in [1.807, 2.05) is 36.1 Å². The van der Waals surface area contributed by atoms with Crippen molar-refractivity contribution in [2.24, 2.45) is 5.41 Å². The number of hydrogen-bond acceptors (Lipinski definition) is 5. The van der Waals surface area contributed by atoms with Gasteiger partial charge in [-0.25, -0.2) is 0 Å². The summed E-state index contributed by atoms with van der Waals surface area (Å²) < 4.78 is 10.7. The first-order valence-electron chi connectivity index (χ1n) is 10.1. The molecule has 2 fully saturated rings. The average Bonchev–Trinajstić information content (AvgIpc) is 3.10. The van der Waals surface area contributed by atoms with E-state index in [0.29, 0.717) is 26.3 Å². The largest absolute Gasteiger partial charge is 0.494 e. The molecule has 6 heteroatoms. The van der Waals surface area contributed by atoms with E-state index in [4.69, 9.17) is 9.47 Å². The van der Waals surface area contributed by atoms with E-state index in [-0.39, 0.29) is 17.4 Å². The van der Waals surface area contributed by atoms with Crippen molar-refractivity contribution in [3.63, 3.8) is 0 Å². The molecule has 1 aromatic carbocycles. The number of carbonyl (C=O) groups is 1. The van der Waals surface area contributed by atoms with Crippen molar-refractivity contribution in [3.8, 4) is 5.75 Å². The van der Waals surface area contributed by atoms with Crippen molar-refractivity contribution in [2.45, 2.75) is 38.8 Å². The number of ether oxygens (including phenoxy) is 2. The second kappa shape index (κ2) is 9.53. The maximum atomic E-state index is 13.2. The molecular weight excluding hydrogens is 342 g/mol. The normalized spacial score (nSPS) is 21.3. The molecule has 1 amide bonds. The fourth-order valence-corrected chi connectivity index (χ4v) is 4.20. The Morgan fingerprint density at radius 2 is 2.00 bits per heavy atom. The fraction of sp³-hybridized carbons (Fsp3) is 0.667. The van der Waals surface area contributed by atoms with Crippen LogP contribution in [0.4, 0.5) is 0 Å². The molecule has 0 saturated carbocycles. The molecule has 0 bridgehead atoms. The van der Waals surface area contributed by atoms with Crippen LogP contribution >= 0.6 is 0 Å². The second-order valence-corrected chi connectivity index (χ2v) is 7.72. The first kappa shape index (κ1) is 20.1. The molecule has 1 atom stereocenters. The number of nitrogens with one attached hydrogen (secondary N) is 2. The summed E-state index contributed by atoms with van der Waals surface area (Å²) in [6, 6.07) is 7.93. The Morgan fingerprint density at radius 3 is 2.67 bits per heavy atom. The summed E-state index contributed by atoms with van der Waals surface area (Å²) in [6.07, 6.45) is 3.25. The number of methoxy groups -OCH3 is 1. The molecule has 2 aliphatic heterocycles. The molecule has 0 aliphatic carbocycles. The Labute approximate surface area is 162 Å². The van der Waals surface area contributed by atoms with Crippen LogP contribution in [0.1, 0.15) is 31.7 Å². The van der Waals surface area contributed by atoms with Crippen LogP contribution in [-0.2, 0) is 16.1 Å². The molecule has 2 heterocycles. The molecule has 0 radical (unpaired) electrons. The summed E-state index contributed by atoms with van der Waals surface area (Å²) in [6.45, 7) is 7.45. The van der Waals surface area contributed by atoms with Crippen LogP contribution in [0, 0.1) is 5.41 Å². The summed E-state index contributed by atoms with van der Waals surface area (Å²) in [5.41, 5.74) is 1.40. The standard InChI is InChI=1S/C21H33N3O3/c1-3-27-18-6-4-17(5-7-18)15-24(12-13-26-2)20(25)19-14-21(16-23-19)8-10-22-11-9-21/h4-7,19,22-23H,3,8-16H2,1-2H3/t19-/m1/s1. The van der Waals surface area contributed by atoms with Gasteiger partial charge in [0, 0.05) is 26.7 Å². The predicted molar refractivity (Wildman–Crippen MR) is 106 cm³/mol. The summed E-state index contributed by atoms with van der Waals surface area (Å²) in [5, 5.41) is 6.93. The zero-order valence-electron chi connectivity index (χ0n) is 16.6. The van der Waals surface area contributed by atoms with Crippen LogP contribution in [0.2, 0.25) is 0 Å². The highest BCUT2D eigenvalue weighted by molar-refractivity contribution is 5.82. The lowest BCUT2D eigenvalue weighted by atomic mass is 9.77. The van der Waals surface area contributed by atoms with Gasteiger partial charge in [0.25, 0.3) is 0 Å². The summed E-state index contributed by atoms with van der Waals surface area (Å²) in [5.74, 6) is 1.05. The molecule has 2 saturated heterocycles. The number of benzene rings is 1. The van der Waals surface area contributed by atoms with Crippen molar-refractivity contribution in [2.75, 3.05) is 46.5 Å². The molecule has 150 valence electrons. The minimum atomic E-state index is -0.0809. The maximum absolute atomic E-state index is 13.2. The monoisotopic (exact) mass is 375 g/mol. The van der Waals surface area contributed by atoms with Gasteiger partial charge in [-0.2, -0.15) is 0 Å². The highest BCUT2D eigenvalue weighted by Gasteiger charge is 2.43. The third kappa shape index (κ3) is 5.21. The highest BCUT2D eigenvalue weighted by Crippen LogP contribution is 2.37. The van der Waals surface area contributed by atoms with Gasteiger partial charge in [-0.15, -0.1) is 0 Å². The van der Waals surface area contributed by atoms with Crippen molar-refractivity contribution in [3.05, 3.63) is 29.8 Å². The number of carbonyl (C=O) groups excluding carboxylic acids is 1. The number of hydrogen-bond donors (Lipinski definition) is 2. The van der Waals surface area contributed by atoms with E-state index < -0.39 is 0 Å². The molecule has 1 spiro atoms. The average molecular weight is 376 g/mol. The number of rotatable bonds is 8. The zero-order chi connectivity index (χ0) is 19.1. The summed E-state index contributed by atoms with van der Waals surface area (Å²) in [7, 11) is 1.68. The Morgan fingerprint density at radius 1 is 1.26 bits per heavy atom. The van der Waals surface area contributed by atoms with Crippen molar-refractivity contribution in [1.29, 1.82) is 0 Å². The number of nitrogens with zero attached hydrogens (tertiary/aromatic N) is 1. The van der Waals surface area contributed by atoms with Crippen molar-refractivity contribution in [1.82, 2.24) is 15.5 Å². The Kier molecular flexibility index (Phi) is 7.10. The molecule has 3 rings (SSSR count). The van der Waals surface area contributed by atoms with Crippen LogP contribution in [0.25, 0.3) is 0 Å². The first-order chi connectivity index (χ1) is 13.2. The van der Waals surface area contributed by atoms with Crippen LogP contribution in [0.15, 0.2) is 24.3 Å². The van der Waals surface area contributed by atoms with Gasteiger partial charge in [-0.3, -0.25) is 4.79 Å². The van der Waals surface area contributed by atoms with Gasteiger partial charge in [0.15, 0.2) is 0 Å². The maximum Gasteiger partial charge on any atom is 0.240 e. The molecule has 2 aliphatic rings. The molecule has 1 aromatic rings. The van der Waals surface area contributed by atoms with Crippen molar-refractivity contribution >= 4 is 5.91 Å². The van der Waals surface area contributed by atoms with Gasteiger partial charge in [0.2, 0.25) is 5.91 Å². The van der Waals surface area contributed by atoms with E-state index in [2.05, 4.69) is 10.6 Å². The smallest absolute Gasteiger partial charge is 0.240 e. The van der Waals surface area contributed by atoms with Crippen LogP contribution in [0.3, 0.4) is 0 Å². The summed E-state index contributed by atoms with van der Waals surface area (Å²) in [4.78, 5) is 15.1. The molecule has 6 nitrogen and oxygen atoms in total. The quantitative estimate of drug-likeness (QED) is 0.725. The first-order valence-corrected chi connectivity index (χ1v) is 10.1. The fourth-order valence-electron chi connectivity index (χ4n) is 4.20. The number of amides is 1. The van der Waals surface area contributed by atoms with E-state index in [9.17, 15) is 4.79 Å². The lowest BCUT2D eigenvalue weighted by Crippen LogP contribution is -2.44. The zero-order valence-corrected chi connectivity index (χ0v) is 16.6. The van der Waals surface area contributed by atoms with E-state index in [1.165, 1.54) is 0 Å². The SMILES string of the molecule is CCOc1ccc(CN(CCOC)C(=O)[C@H]2CC3(CCNCC3)CN2)cc1. The molecular formula is C21H33N3O3. The van der Waals surface area contributed by atoms with Gasteiger partial charge >= 0.3 is 0 Å². The van der Waals surface area contributed by atoms with Gasteiger partial charge in [0.05, 0.1) is 19.3 Å². The summed E-state index contributed by atoms with van der Waals surface area (Å²) >= 11 is 0. The van der Waals surface area contributed by atoms with Gasteiger partial charge in [-0.1, -0.05) is 12.1 Å². The minimum absolute atomic E-state index is 0.0809. The minimum Gasteiger partial charge on any atom is -0.494 e. The van der Waals surface area contributed by atoms with Gasteiger partial charge in [-0.05, 0) is 62.4 Å². The van der Waals surface area contributed by atoms with Crippen LogP contribution in [-0.4, -0.2) is 63.4 Å². The predicted octanol–water partition coefficient (Wildman–Crippen LogP) is 1.79. The van der Waals surface area contributed by atoms with Crippen molar-refractivity contribution < 1.29 is 14.3 Å². The Hall–Kier alpha value is -1.63. The molecule has 2 N–H and O–H groups in total. The van der Waals surface area contributed by atoms with E-state index in [0.717, 1.165) is 50.2 Å². The third-order valence-electron chi connectivity index (χ3n) is 5.81. The highest BCUT2D eigenvalue weighted by atomic mass is 16.5. The van der Waals surface area contributed by atoms with Crippen LogP contribution < -0.4 is 15.4 Å². The third-order valence-corrected chi connectivity index (χ3v) is 5.81.